The predicted molar refractivity (Wildman–Crippen MR) is 108 cm³/mol. The SMILES string of the molecule is CCC[n+]1c(N)c(C(=O)NC2CCCC2)cc2c(=O)n3cccc(C)c3nc21. The molecule has 0 aliphatic heterocycles. The van der Waals surface area contributed by atoms with Gasteiger partial charge in [0.05, 0.1) is 6.54 Å². The lowest BCUT2D eigenvalue weighted by Crippen LogP contribution is -2.43. The number of amides is 1. The van der Waals surface area contributed by atoms with Crippen LogP contribution < -0.4 is 21.2 Å². The van der Waals surface area contributed by atoms with Gasteiger partial charge in [-0.1, -0.05) is 30.8 Å². The smallest absolute Gasteiger partial charge is 0.278 e. The van der Waals surface area contributed by atoms with Gasteiger partial charge >= 0.3 is 0 Å². The molecule has 0 radical (unpaired) electrons. The van der Waals surface area contributed by atoms with Gasteiger partial charge in [0.15, 0.2) is 0 Å². The number of nitrogens with one attached hydrogen (secondary N) is 1. The maximum absolute atomic E-state index is 13.2. The number of nitrogen functional groups attached to an aromatic ring is 1. The molecule has 3 aromatic heterocycles. The topological polar surface area (TPSA) is 93.4 Å². The molecule has 7 nitrogen and oxygen atoms in total. The lowest BCUT2D eigenvalue weighted by atomic mass is 10.1. The van der Waals surface area contributed by atoms with Gasteiger partial charge in [-0.2, -0.15) is 0 Å². The second-order valence-electron chi connectivity index (χ2n) is 7.59. The van der Waals surface area contributed by atoms with Gasteiger partial charge in [-0.15, -0.1) is 0 Å². The fourth-order valence-electron chi connectivity index (χ4n) is 4.08. The Morgan fingerprint density at radius 3 is 2.86 bits per heavy atom. The first-order valence-corrected chi connectivity index (χ1v) is 9.96. The zero-order chi connectivity index (χ0) is 19.8. The molecule has 3 heterocycles. The molecule has 1 aliphatic rings. The van der Waals surface area contributed by atoms with Crippen LogP contribution in [0.15, 0.2) is 29.2 Å². The van der Waals surface area contributed by atoms with Crippen LogP contribution in [0.1, 0.15) is 54.9 Å². The van der Waals surface area contributed by atoms with Crippen LogP contribution >= 0.6 is 0 Å². The first-order valence-electron chi connectivity index (χ1n) is 9.96. The van der Waals surface area contributed by atoms with Gasteiger partial charge in [0.2, 0.25) is 11.5 Å². The number of nitrogens with zero attached hydrogens (tertiary/aromatic N) is 3. The summed E-state index contributed by atoms with van der Waals surface area (Å²) < 4.78 is 3.33. The van der Waals surface area contributed by atoms with Crippen LogP contribution in [-0.4, -0.2) is 21.3 Å². The fourth-order valence-corrected chi connectivity index (χ4v) is 4.08. The minimum Gasteiger partial charge on any atom is -0.349 e. The highest BCUT2D eigenvalue weighted by Gasteiger charge is 2.26. The van der Waals surface area contributed by atoms with Gasteiger partial charge in [0.25, 0.3) is 17.1 Å². The molecule has 0 saturated heterocycles. The molecule has 1 aliphatic carbocycles. The zero-order valence-electron chi connectivity index (χ0n) is 16.4. The molecule has 1 amide bonds. The van der Waals surface area contributed by atoms with E-state index in [1.165, 1.54) is 4.40 Å². The Balaban J connectivity index is 1.95. The standard InChI is InChI=1S/C21H25N5O2/c1-3-10-25-17(22)15(20(27)23-14-8-4-5-9-14)12-16-19(25)24-18-13(2)7-6-11-26(18)21(16)28/h6-7,11-12,14,22H,3-5,8-10H2,1-2H3,(H,23,27)/p+1. The quantitative estimate of drug-likeness (QED) is 0.535. The van der Waals surface area contributed by atoms with E-state index in [1.807, 2.05) is 26.0 Å². The Morgan fingerprint density at radius 1 is 1.39 bits per heavy atom. The summed E-state index contributed by atoms with van der Waals surface area (Å²) in [6.45, 7) is 4.54. The Kier molecular flexibility index (Phi) is 4.75. The van der Waals surface area contributed by atoms with E-state index in [0.29, 0.717) is 34.6 Å². The fraction of sp³-hybridized carbons (Fsp3) is 0.429. The highest BCUT2D eigenvalue weighted by Crippen LogP contribution is 2.20. The maximum Gasteiger partial charge on any atom is 0.278 e. The number of hydrogen-bond acceptors (Lipinski definition) is 4. The van der Waals surface area contributed by atoms with Crippen molar-refractivity contribution in [3.8, 4) is 0 Å². The Morgan fingerprint density at radius 2 is 2.14 bits per heavy atom. The number of carbonyl (C=O) groups excluding carboxylic acids is 1. The number of carbonyl (C=O) groups is 1. The van der Waals surface area contributed by atoms with Crippen LogP contribution in [0.5, 0.6) is 0 Å². The first-order chi connectivity index (χ1) is 13.5. The zero-order valence-corrected chi connectivity index (χ0v) is 16.4. The number of fused-ring (bicyclic) bond motifs is 2. The van der Waals surface area contributed by atoms with Crippen molar-refractivity contribution in [2.24, 2.45) is 0 Å². The van der Waals surface area contributed by atoms with Crippen LogP contribution in [0.3, 0.4) is 0 Å². The molecule has 7 heteroatoms. The molecule has 1 saturated carbocycles. The number of nitrogens with two attached hydrogens (primary N) is 1. The van der Waals surface area contributed by atoms with Crippen molar-refractivity contribution in [1.82, 2.24) is 14.7 Å². The van der Waals surface area contributed by atoms with Crippen molar-refractivity contribution in [3.63, 3.8) is 0 Å². The van der Waals surface area contributed by atoms with E-state index >= 15 is 0 Å². The average molecular weight is 380 g/mol. The van der Waals surface area contributed by atoms with Gasteiger partial charge in [0, 0.05) is 17.8 Å². The maximum atomic E-state index is 13.2. The number of anilines is 1. The van der Waals surface area contributed by atoms with E-state index in [1.54, 1.807) is 16.8 Å². The monoisotopic (exact) mass is 380 g/mol. The molecule has 28 heavy (non-hydrogen) atoms. The Bertz CT molecular complexity index is 1130. The molecular weight excluding hydrogens is 354 g/mol. The number of rotatable bonds is 4. The summed E-state index contributed by atoms with van der Waals surface area (Å²) in [6.07, 6.45) is 6.75. The first kappa shape index (κ1) is 18.4. The molecule has 0 bridgehead atoms. The lowest BCUT2D eigenvalue weighted by Gasteiger charge is -2.15. The van der Waals surface area contributed by atoms with Crippen LogP contribution in [0.4, 0.5) is 5.82 Å². The Labute approximate surface area is 163 Å². The molecule has 0 aromatic carbocycles. The summed E-state index contributed by atoms with van der Waals surface area (Å²) in [5, 5.41) is 3.48. The Hall–Kier alpha value is -2.96. The third-order valence-electron chi connectivity index (χ3n) is 5.56. The second kappa shape index (κ2) is 7.22. The summed E-state index contributed by atoms with van der Waals surface area (Å²) >= 11 is 0. The summed E-state index contributed by atoms with van der Waals surface area (Å²) in [5.41, 5.74) is 8.59. The van der Waals surface area contributed by atoms with Crippen molar-refractivity contribution in [1.29, 1.82) is 0 Å². The van der Waals surface area contributed by atoms with Crippen molar-refractivity contribution >= 4 is 28.4 Å². The van der Waals surface area contributed by atoms with Crippen LogP contribution in [0.25, 0.3) is 16.7 Å². The lowest BCUT2D eigenvalue weighted by molar-refractivity contribution is -0.658. The summed E-state index contributed by atoms with van der Waals surface area (Å²) in [4.78, 5) is 30.8. The van der Waals surface area contributed by atoms with Gasteiger partial charge in [-0.3, -0.25) is 14.0 Å². The van der Waals surface area contributed by atoms with Crippen molar-refractivity contribution in [2.45, 2.75) is 58.5 Å². The van der Waals surface area contributed by atoms with Gasteiger partial charge < -0.3 is 11.1 Å². The highest BCUT2D eigenvalue weighted by atomic mass is 16.2. The highest BCUT2D eigenvalue weighted by molar-refractivity contribution is 6.00. The predicted octanol–water partition coefficient (Wildman–Crippen LogP) is 2.11. The van der Waals surface area contributed by atoms with E-state index in [-0.39, 0.29) is 17.5 Å². The van der Waals surface area contributed by atoms with E-state index in [2.05, 4.69) is 5.32 Å². The third-order valence-corrected chi connectivity index (χ3v) is 5.56. The van der Waals surface area contributed by atoms with Gasteiger partial charge in [0.1, 0.15) is 10.9 Å². The molecule has 1 fully saturated rings. The number of hydrogen-bond donors (Lipinski definition) is 2. The van der Waals surface area contributed by atoms with E-state index < -0.39 is 0 Å². The molecule has 146 valence electrons. The second-order valence-corrected chi connectivity index (χ2v) is 7.59. The minimum atomic E-state index is -0.218. The minimum absolute atomic E-state index is 0.181. The third kappa shape index (κ3) is 3.00. The van der Waals surface area contributed by atoms with E-state index in [9.17, 15) is 9.59 Å². The van der Waals surface area contributed by atoms with Gasteiger partial charge in [-0.25, -0.2) is 4.57 Å². The van der Waals surface area contributed by atoms with Crippen LogP contribution in [0, 0.1) is 6.92 Å². The molecule has 0 atom stereocenters. The van der Waals surface area contributed by atoms with E-state index in [4.69, 9.17) is 10.7 Å². The van der Waals surface area contributed by atoms with Crippen LogP contribution in [0.2, 0.25) is 0 Å². The number of aromatic nitrogens is 3. The molecule has 0 spiro atoms. The van der Waals surface area contributed by atoms with Gasteiger partial charge in [-0.05, 0) is 38.3 Å². The molecule has 3 N–H and O–H groups in total. The van der Waals surface area contributed by atoms with Crippen LogP contribution in [-0.2, 0) is 6.54 Å². The molecule has 3 aromatic rings. The molecular formula is C21H26N5O2+. The van der Waals surface area contributed by atoms with Crippen molar-refractivity contribution in [3.05, 3.63) is 45.9 Å². The van der Waals surface area contributed by atoms with Crippen molar-refractivity contribution in [2.75, 3.05) is 5.73 Å². The summed E-state index contributed by atoms with van der Waals surface area (Å²) in [7, 11) is 0. The normalized spacial score (nSPS) is 14.8. The summed E-state index contributed by atoms with van der Waals surface area (Å²) in [5.74, 6) is 0.138. The molecule has 0 unspecified atom stereocenters. The largest absolute Gasteiger partial charge is 0.349 e. The summed E-state index contributed by atoms with van der Waals surface area (Å²) in [6, 6.07) is 5.53. The molecule has 4 rings (SSSR count). The number of pyridine rings is 2. The van der Waals surface area contributed by atoms with Crippen molar-refractivity contribution < 1.29 is 9.36 Å². The van der Waals surface area contributed by atoms with E-state index in [0.717, 1.165) is 37.7 Å². The average Bonchev–Trinajstić information content (AvgIpc) is 3.18. The number of aryl methyl sites for hydroxylation is 2.